The van der Waals surface area contributed by atoms with Crippen LogP contribution in [-0.4, -0.2) is 33.9 Å². The lowest BCUT2D eigenvalue weighted by molar-refractivity contribution is -0.139. The third-order valence-corrected chi connectivity index (χ3v) is 4.34. The summed E-state index contributed by atoms with van der Waals surface area (Å²) >= 11 is 3.44. The monoisotopic (exact) mass is 408 g/mol. The fourth-order valence-corrected chi connectivity index (χ4v) is 3.18. The lowest BCUT2D eigenvalue weighted by Crippen LogP contribution is -2.24. The second kappa shape index (κ2) is 7.52. The Morgan fingerprint density at radius 2 is 2.04 bits per heavy atom. The average molecular weight is 409 g/mol. The van der Waals surface area contributed by atoms with Gasteiger partial charge in [-0.1, -0.05) is 12.2 Å². The number of carboxylic acid groups (broad SMARTS) is 1. The first-order valence-electron chi connectivity index (χ1n) is 7.40. The number of carbonyl (C=O) groups is 3. The minimum atomic E-state index is -1.15. The zero-order valence-corrected chi connectivity index (χ0v) is 15.3. The van der Waals surface area contributed by atoms with Gasteiger partial charge >= 0.3 is 5.97 Å². The molecule has 0 aliphatic rings. The van der Waals surface area contributed by atoms with Crippen molar-refractivity contribution in [1.29, 1.82) is 0 Å². The molecular formula is C17H17BrN2O5. The zero-order chi connectivity index (χ0) is 18.7. The molecule has 1 amide bonds. The molecule has 0 spiro atoms. The largest absolute Gasteiger partial charge is 0.481 e. The number of allylic oxidation sites excluding steroid dienone is 2. The van der Waals surface area contributed by atoms with Crippen molar-refractivity contribution >= 4 is 44.5 Å². The summed E-state index contributed by atoms with van der Waals surface area (Å²) in [5, 5.41) is 9.22. The first-order chi connectivity index (χ1) is 11.8. The highest BCUT2D eigenvalue weighted by atomic mass is 79.9. The molecule has 8 heteroatoms. The molecule has 0 fully saturated rings. The number of ketones is 1. The van der Waals surface area contributed by atoms with Crippen LogP contribution in [-0.2, 0) is 16.1 Å². The van der Waals surface area contributed by atoms with Crippen molar-refractivity contribution in [2.24, 2.45) is 5.73 Å². The van der Waals surface area contributed by atoms with E-state index in [1.807, 2.05) is 23.6 Å². The van der Waals surface area contributed by atoms with Gasteiger partial charge in [-0.15, -0.1) is 0 Å². The van der Waals surface area contributed by atoms with Crippen LogP contribution in [0, 0.1) is 6.92 Å². The van der Waals surface area contributed by atoms with Gasteiger partial charge in [-0.25, -0.2) is 4.79 Å². The molecule has 0 aliphatic carbocycles. The van der Waals surface area contributed by atoms with Crippen LogP contribution in [0.5, 0.6) is 5.75 Å². The molecule has 7 nitrogen and oxygen atoms in total. The molecule has 0 bridgehead atoms. The predicted molar refractivity (Wildman–Crippen MR) is 95.8 cm³/mol. The Morgan fingerprint density at radius 1 is 1.36 bits per heavy atom. The van der Waals surface area contributed by atoms with Crippen LogP contribution in [0.4, 0.5) is 0 Å². The molecule has 0 unspecified atom stereocenters. The Morgan fingerprint density at radius 3 is 2.60 bits per heavy atom. The molecule has 0 saturated heterocycles. The molecule has 0 aliphatic heterocycles. The molecule has 1 aromatic carbocycles. The number of amides is 1. The number of aliphatic carboxylic acids is 1. The molecule has 0 saturated carbocycles. The Labute approximate surface area is 152 Å². The van der Waals surface area contributed by atoms with E-state index < -0.39 is 24.3 Å². The van der Waals surface area contributed by atoms with Crippen molar-refractivity contribution < 1.29 is 24.2 Å². The number of halogens is 1. The summed E-state index contributed by atoms with van der Waals surface area (Å²) in [6.07, 6.45) is 3.75. The Balaban J connectivity index is 2.84. The van der Waals surface area contributed by atoms with Crippen molar-refractivity contribution in [2.75, 3.05) is 6.61 Å². The highest BCUT2D eigenvalue weighted by molar-refractivity contribution is 9.10. The van der Waals surface area contributed by atoms with E-state index in [1.165, 1.54) is 0 Å². The smallest absolute Gasteiger partial charge is 0.341 e. The summed E-state index contributed by atoms with van der Waals surface area (Å²) in [5.41, 5.74) is 6.48. The summed E-state index contributed by atoms with van der Waals surface area (Å²) in [7, 11) is 0. The molecule has 25 heavy (non-hydrogen) atoms. The van der Waals surface area contributed by atoms with E-state index in [0.717, 1.165) is 0 Å². The number of primary amides is 1. The average Bonchev–Trinajstić information content (AvgIpc) is 2.84. The van der Waals surface area contributed by atoms with Gasteiger partial charge in [0, 0.05) is 16.7 Å². The Kier molecular flexibility index (Phi) is 5.63. The molecular weight excluding hydrogens is 392 g/mol. The molecule has 1 heterocycles. The first-order valence-corrected chi connectivity index (χ1v) is 8.20. The Hall–Kier alpha value is -2.61. The van der Waals surface area contributed by atoms with Crippen molar-refractivity contribution in [1.82, 2.24) is 4.57 Å². The normalized spacial score (nSPS) is 11.2. The van der Waals surface area contributed by atoms with Gasteiger partial charge in [-0.05, 0) is 41.9 Å². The number of fused-ring (bicyclic) bond motifs is 1. The lowest BCUT2D eigenvalue weighted by atomic mass is 10.1. The third-order valence-electron chi connectivity index (χ3n) is 3.70. The van der Waals surface area contributed by atoms with Crippen molar-refractivity contribution in [2.45, 2.75) is 20.4 Å². The van der Waals surface area contributed by atoms with E-state index in [9.17, 15) is 14.4 Å². The van der Waals surface area contributed by atoms with Crippen LogP contribution in [0.3, 0.4) is 0 Å². The van der Waals surface area contributed by atoms with E-state index in [0.29, 0.717) is 27.6 Å². The van der Waals surface area contributed by atoms with Gasteiger partial charge in [0.25, 0.3) is 11.7 Å². The highest BCUT2D eigenvalue weighted by Crippen LogP contribution is 2.38. The van der Waals surface area contributed by atoms with E-state index in [-0.39, 0.29) is 11.3 Å². The summed E-state index contributed by atoms with van der Waals surface area (Å²) in [4.78, 5) is 34.7. The van der Waals surface area contributed by atoms with E-state index >= 15 is 0 Å². The summed E-state index contributed by atoms with van der Waals surface area (Å²) in [5.74, 6) is -2.88. The van der Waals surface area contributed by atoms with Gasteiger partial charge < -0.3 is 20.1 Å². The van der Waals surface area contributed by atoms with E-state index in [4.69, 9.17) is 15.6 Å². The fraction of sp³-hybridized carbons (Fsp3) is 0.235. The number of nitrogens with zero attached hydrogens (tertiary/aromatic N) is 1. The number of carboxylic acids is 1. The molecule has 2 aromatic rings. The number of Topliss-reactive ketones (excluding diaryl/α,β-unsaturated/α-hetero) is 1. The highest BCUT2D eigenvalue weighted by Gasteiger charge is 2.27. The number of rotatable bonds is 7. The second-order valence-corrected chi connectivity index (χ2v) is 6.14. The number of hydrogen-bond donors (Lipinski definition) is 2. The van der Waals surface area contributed by atoms with Crippen molar-refractivity contribution in [3.05, 3.63) is 40.0 Å². The number of aromatic nitrogens is 1. The number of carbonyl (C=O) groups excluding carboxylic acids is 2. The Bertz CT molecular complexity index is 898. The number of benzene rings is 1. The standard InChI is InChI=1S/C17H17BrN2O5/c1-3-4-7-20-9(2)13(16(23)17(19)24)14-11(25-8-12(21)22)6-5-10(18)15(14)20/h3-6H,7-8H2,1-2H3,(H2,19,24)(H,21,22)/b4-3+. The molecule has 2 rings (SSSR count). The minimum absolute atomic E-state index is 0.119. The minimum Gasteiger partial charge on any atom is -0.481 e. The SMILES string of the molecule is C/C=C/Cn1c(C)c(C(=O)C(N)=O)c2c(OCC(=O)O)ccc(Br)c21. The van der Waals surface area contributed by atoms with Crippen LogP contribution in [0.25, 0.3) is 10.9 Å². The van der Waals surface area contributed by atoms with E-state index in [1.54, 1.807) is 19.1 Å². The molecule has 1 aromatic heterocycles. The van der Waals surface area contributed by atoms with Crippen molar-refractivity contribution in [3.63, 3.8) is 0 Å². The molecule has 132 valence electrons. The van der Waals surface area contributed by atoms with Gasteiger partial charge in [0.15, 0.2) is 6.61 Å². The quantitative estimate of drug-likeness (QED) is 0.415. The summed E-state index contributed by atoms with van der Waals surface area (Å²) in [6.45, 7) is 3.46. The molecule has 0 radical (unpaired) electrons. The first kappa shape index (κ1) is 18.7. The van der Waals surface area contributed by atoms with E-state index in [2.05, 4.69) is 15.9 Å². The van der Waals surface area contributed by atoms with Crippen molar-refractivity contribution in [3.8, 4) is 5.75 Å². The summed E-state index contributed by atoms with van der Waals surface area (Å²) in [6, 6.07) is 3.25. The maximum absolute atomic E-state index is 12.4. The van der Waals surface area contributed by atoms with Gasteiger partial charge in [0.05, 0.1) is 16.5 Å². The fourth-order valence-electron chi connectivity index (χ4n) is 2.64. The maximum atomic E-state index is 12.4. The van der Waals surface area contributed by atoms with Crippen LogP contribution >= 0.6 is 15.9 Å². The summed E-state index contributed by atoms with van der Waals surface area (Å²) < 4.78 is 7.84. The van der Waals surface area contributed by atoms with Crippen LogP contribution in [0.1, 0.15) is 23.0 Å². The molecule has 3 N–H and O–H groups in total. The van der Waals surface area contributed by atoms with Gasteiger partial charge in [0.1, 0.15) is 5.75 Å². The van der Waals surface area contributed by atoms with Gasteiger partial charge in [-0.3, -0.25) is 9.59 Å². The van der Waals surface area contributed by atoms with Crippen LogP contribution < -0.4 is 10.5 Å². The molecule has 0 atom stereocenters. The number of ether oxygens (including phenoxy) is 1. The lowest BCUT2D eigenvalue weighted by Gasteiger charge is -2.09. The number of hydrogen-bond acceptors (Lipinski definition) is 4. The van der Waals surface area contributed by atoms with Gasteiger partial charge in [0.2, 0.25) is 0 Å². The topological polar surface area (TPSA) is 112 Å². The zero-order valence-electron chi connectivity index (χ0n) is 13.7. The predicted octanol–water partition coefficient (Wildman–Crippen LogP) is 2.42. The van der Waals surface area contributed by atoms with Gasteiger partial charge in [-0.2, -0.15) is 0 Å². The van der Waals surface area contributed by atoms with Crippen LogP contribution in [0.2, 0.25) is 0 Å². The third kappa shape index (κ3) is 3.58. The number of nitrogens with two attached hydrogens (primary N) is 1. The van der Waals surface area contributed by atoms with Crippen LogP contribution in [0.15, 0.2) is 28.8 Å². The second-order valence-electron chi connectivity index (χ2n) is 5.28. The maximum Gasteiger partial charge on any atom is 0.341 e.